The zero-order valence-corrected chi connectivity index (χ0v) is 17.5. The second kappa shape index (κ2) is 9.20. The molecule has 1 fully saturated rings. The standard InChI is InChI=1S/C23H22F3N3OS/c24-23(25,26)19-9-5-4-8-17(19)14-29(18-10-11-18)15-20(30)28-21(22-27-12-13-31-22)16-6-2-1-3-7-16/h1-9,12-13,18,21H,10-11,14-15H2,(H,28,30). The number of nitrogens with zero attached hydrogens (tertiary/aromatic N) is 2. The average molecular weight is 446 g/mol. The molecule has 0 radical (unpaired) electrons. The minimum absolute atomic E-state index is 0.0333. The van der Waals surface area contributed by atoms with Gasteiger partial charge in [0.05, 0.1) is 12.1 Å². The van der Waals surface area contributed by atoms with E-state index < -0.39 is 17.8 Å². The van der Waals surface area contributed by atoms with Gasteiger partial charge in [-0.2, -0.15) is 13.2 Å². The molecule has 0 spiro atoms. The van der Waals surface area contributed by atoms with Crippen LogP contribution in [0.15, 0.2) is 66.2 Å². The fourth-order valence-corrected chi connectivity index (χ4v) is 4.32. The highest BCUT2D eigenvalue weighted by Gasteiger charge is 2.36. The van der Waals surface area contributed by atoms with Crippen LogP contribution in [-0.2, 0) is 17.5 Å². The number of hydrogen-bond donors (Lipinski definition) is 1. The highest BCUT2D eigenvalue weighted by molar-refractivity contribution is 7.09. The van der Waals surface area contributed by atoms with Gasteiger partial charge in [-0.3, -0.25) is 9.69 Å². The third kappa shape index (κ3) is 5.51. The van der Waals surface area contributed by atoms with E-state index in [2.05, 4.69) is 10.3 Å². The Morgan fingerprint density at radius 2 is 1.84 bits per heavy atom. The van der Waals surface area contributed by atoms with Gasteiger partial charge in [0, 0.05) is 24.2 Å². The maximum atomic E-state index is 13.4. The Morgan fingerprint density at radius 1 is 1.13 bits per heavy atom. The molecule has 0 bridgehead atoms. The molecule has 1 heterocycles. The molecule has 0 aliphatic heterocycles. The average Bonchev–Trinajstić information content (AvgIpc) is 3.46. The molecule has 3 aromatic rings. The summed E-state index contributed by atoms with van der Waals surface area (Å²) in [5.74, 6) is -0.236. The number of hydrogen-bond acceptors (Lipinski definition) is 4. The smallest absolute Gasteiger partial charge is 0.342 e. The lowest BCUT2D eigenvalue weighted by Gasteiger charge is -2.25. The van der Waals surface area contributed by atoms with E-state index in [9.17, 15) is 18.0 Å². The molecule has 2 aromatic carbocycles. The number of nitrogens with one attached hydrogen (secondary N) is 1. The number of carbonyl (C=O) groups is 1. The molecule has 31 heavy (non-hydrogen) atoms. The monoisotopic (exact) mass is 445 g/mol. The maximum absolute atomic E-state index is 13.4. The van der Waals surface area contributed by atoms with Crippen LogP contribution in [0.2, 0.25) is 0 Å². The molecule has 1 aromatic heterocycles. The summed E-state index contributed by atoms with van der Waals surface area (Å²) in [7, 11) is 0. The van der Waals surface area contributed by atoms with Crippen molar-refractivity contribution in [3.8, 4) is 0 Å². The Bertz CT molecular complexity index is 1000. The van der Waals surface area contributed by atoms with Crippen LogP contribution < -0.4 is 5.32 Å². The van der Waals surface area contributed by atoms with Gasteiger partial charge in [0.15, 0.2) is 0 Å². The van der Waals surface area contributed by atoms with Gasteiger partial charge in [0.1, 0.15) is 11.0 Å². The number of halogens is 3. The fourth-order valence-electron chi connectivity index (χ4n) is 3.61. The Balaban J connectivity index is 1.50. The summed E-state index contributed by atoms with van der Waals surface area (Å²) in [6.45, 7) is 0.118. The third-order valence-corrected chi connectivity index (χ3v) is 6.08. The third-order valence-electron chi connectivity index (χ3n) is 5.24. The van der Waals surface area contributed by atoms with Gasteiger partial charge in [-0.1, -0.05) is 48.5 Å². The number of benzene rings is 2. The van der Waals surface area contributed by atoms with Gasteiger partial charge < -0.3 is 5.32 Å². The first-order valence-corrected chi connectivity index (χ1v) is 10.9. The first-order chi connectivity index (χ1) is 14.9. The molecule has 1 unspecified atom stereocenters. The highest BCUT2D eigenvalue weighted by Crippen LogP contribution is 2.34. The quantitative estimate of drug-likeness (QED) is 0.529. The van der Waals surface area contributed by atoms with E-state index >= 15 is 0 Å². The summed E-state index contributed by atoms with van der Waals surface area (Å²) in [6, 6.07) is 14.8. The molecule has 0 saturated heterocycles. The predicted molar refractivity (Wildman–Crippen MR) is 113 cm³/mol. The van der Waals surface area contributed by atoms with Crippen LogP contribution in [-0.4, -0.2) is 28.4 Å². The van der Waals surface area contributed by atoms with Crippen molar-refractivity contribution in [2.45, 2.75) is 37.6 Å². The summed E-state index contributed by atoms with van der Waals surface area (Å²) < 4.78 is 40.2. The second-order valence-electron chi connectivity index (χ2n) is 7.57. The van der Waals surface area contributed by atoms with Crippen LogP contribution in [0.5, 0.6) is 0 Å². The minimum atomic E-state index is -4.42. The summed E-state index contributed by atoms with van der Waals surface area (Å²) in [5.41, 5.74) is 0.450. The van der Waals surface area contributed by atoms with Crippen molar-refractivity contribution in [1.29, 1.82) is 0 Å². The summed E-state index contributed by atoms with van der Waals surface area (Å²) in [6.07, 6.45) is -0.962. The number of carbonyl (C=O) groups excluding carboxylic acids is 1. The highest BCUT2D eigenvalue weighted by atomic mass is 32.1. The lowest BCUT2D eigenvalue weighted by atomic mass is 10.1. The van der Waals surface area contributed by atoms with E-state index in [1.165, 1.54) is 23.5 Å². The van der Waals surface area contributed by atoms with Crippen molar-refractivity contribution in [2.75, 3.05) is 6.54 Å². The summed E-state index contributed by atoms with van der Waals surface area (Å²) in [4.78, 5) is 19.1. The van der Waals surface area contributed by atoms with E-state index in [-0.39, 0.29) is 30.6 Å². The van der Waals surface area contributed by atoms with Crippen molar-refractivity contribution in [3.05, 3.63) is 87.9 Å². The molecule has 1 saturated carbocycles. The SMILES string of the molecule is O=C(CN(Cc1ccccc1C(F)(F)F)C1CC1)NC(c1ccccc1)c1nccs1. The molecule has 1 amide bonds. The molecule has 1 aliphatic rings. The Hall–Kier alpha value is -2.71. The Kier molecular flexibility index (Phi) is 6.38. The van der Waals surface area contributed by atoms with Gasteiger partial charge in [-0.25, -0.2) is 4.98 Å². The Labute approximate surface area is 182 Å². The molecular formula is C23H22F3N3OS. The van der Waals surface area contributed by atoms with E-state index in [1.54, 1.807) is 12.3 Å². The first-order valence-electron chi connectivity index (χ1n) is 10.0. The Morgan fingerprint density at radius 3 is 2.48 bits per heavy atom. The number of alkyl halides is 3. The number of aromatic nitrogens is 1. The zero-order chi connectivity index (χ0) is 21.8. The van der Waals surface area contributed by atoms with Crippen LogP contribution >= 0.6 is 11.3 Å². The molecule has 1 N–H and O–H groups in total. The van der Waals surface area contributed by atoms with Gasteiger partial charge >= 0.3 is 6.18 Å². The molecule has 1 aliphatic carbocycles. The van der Waals surface area contributed by atoms with Crippen molar-refractivity contribution in [2.24, 2.45) is 0 Å². The van der Waals surface area contributed by atoms with E-state index in [1.807, 2.05) is 40.6 Å². The first kappa shape index (κ1) is 21.5. The molecule has 4 nitrogen and oxygen atoms in total. The number of thiazole rings is 1. The van der Waals surface area contributed by atoms with Crippen LogP contribution in [0.1, 0.15) is 40.6 Å². The molecule has 162 valence electrons. The summed E-state index contributed by atoms with van der Waals surface area (Å²) in [5, 5.41) is 5.64. The van der Waals surface area contributed by atoms with Crippen molar-refractivity contribution < 1.29 is 18.0 Å². The van der Waals surface area contributed by atoms with Crippen LogP contribution in [0, 0.1) is 0 Å². The van der Waals surface area contributed by atoms with Gasteiger partial charge in [-0.15, -0.1) is 11.3 Å². The normalized spacial score (nSPS) is 15.1. The molecular weight excluding hydrogens is 423 g/mol. The minimum Gasteiger partial charge on any atom is -0.342 e. The van der Waals surface area contributed by atoms with Crippen molar-refractivity contribution in [3.63, 3.8) is 0 Å². The van der Waals surface area contributed by atoms with Crippen LogP contribution in [0.25, 0.3) is 0 Å². The van der Waals surface area contributed by atoms with Crippen molar-refractivity contribution in [1.82, 2.24) is 15.2 Å². The predicted octanol–water partition coefficient (Wildman–Crippen LogP) is 5.03. The topological polar surface area (TPSA) is 45.2 Å². The van der Waals surface area contributed by atoms with E-state index in [4.69, 9.17) is 0 Å². The van der Waals surface area contributed by atoms with Gasteiger partial charge in [0.2, 0.25) is 5.91 Å². The maximum Gasteiger partial charge on any atom is 0.416 e. The van der Waals surface area contributed by atoms with Gasteiger partial charge in [0.25, 0.3) is 0 Å². The fraction of sp³-hybridized carbons (Fsp3) is 0.304. The lowest BCUT2D eigenvalue weighted by Crippen LogP contribution is -2.40. The molecule has 8 heteroatoms. The number of amides is 1. The lowest BCUT2D eigenvalue weighted by molar-refractivity contribution is -0.138. The zero-order valence-electron chi connectivity index (χ0n) is 16.7. The summed E-state index contributed by atoms with van der Waals surface area (Å²) >= 11 is 1.45. The molecule has 4 rings (SSSR count). The van der Waals surface area contributed by atoms with Crippen molar-refractivity contribution >= 4 is 17.2 Å². The number of rotatable bonds is 8. The second-order valence-corrected chi connectivity index (χ2v) is 8.50. The molecule has 1 atom stereocenters. The van der Waals surface area contributed by atoms with E-state index in [0.717, 1.165) is 29.5 Å². The van der Waals surface area contributed by atoms with Gasteiger partial charge in [-0.05, 0) is 30.0 Å². The van der Waals surface area contributed by atoms with Crippen LogP contribution in [0.3, 0.4) is 0 Å². The largest absolute Gasteiger partial charge is 0.416 e. The van der Waals surface area contributed by atoms with Crippen LogP contribution in [0.4, 0.5) is 13.2 Å². The van der Waals surface area contributed by atoms with E-state index in [0.29, 0.717) is 0 Å².